The standard InChI is InChI=1S/C19H27N2OSi.CH3.2ClH.Ti/c1-23(2,21-11-9-20-10-12-21)19-16-7-4-3-6-15(16)14-17(19)18-8-5-13-22-18;;;;/h3-8,13,15-17,19H,9-12,14H2,1-2H3;1H3;2*1H;/q2*-1;;;+2/p-2. The van der Waals surface area contributed by atoms with E-state index in [2.05, 4.69) is 53.3 Å². The number of hydrogen-bond donors (Lipinski definition) is 0. The van der Waals surface area contributed by atoms with Gasteiger partial charge in [0, 0.05) is 5.92 Å². The molecule has 27 heavy (non-hydrogen) atoms. The van der Waals surface area contributed by atoms with Gasteiger partial charge in [0.05, 0.1) is 6.26 Å². The van der Waals surface area contributed by atoms with Gasteiger partial charge in [0.2, 0.25) is 0 Å². The van der Waals surface area contributed by atoms with Gasteiger partial charge in [0.15, 0.2) is 0 Å². The molecule has 0 spiro atoms. The van der Waals surface area contributed by atoms with Gasteiger partial charge in [-0.1, -0.05) is 37.4 Å². The van der Waals surface area contributed by atoms with E-state index in [1.807, 2.05) is 12.3 Å². The minimum absolute atomic E-state index is 0. The second kappa shape index (κ2) is 10.8. The topological polar surface area (TPSA) is 30.5 Å². The van der Waals surface area contributed by atoms with Crippen molar-refractivity contribution in [2.24, 2.45) is 11.8 Å². The summed E-state index contributed by atoms with van der Waals surface area (Å²) in [6.45, 7) is 9.48. The van der Waals surface area contributed by atoms with Gasteiger partial charge >= 0.3 is 35.6 Å². The van der Waals surface area contributed by atoms with Crippen molar-refractivity contribution in [1.82, 2.24) is 4.57 Å². The van der Waals surface area contributed by atoms with Crippen molar-refractivity contribution in [3.05, 3.63) is 61.2 Å². The quantitative estimate of drug-likeness (QED) is 0.396. The summed E-state index contributed by atoms with van der Waals surface area (Å²) in [6, 6.07) is 4.24. The molecule has 4 atom stereocenters. The van der Waals surface area contributed by atoms with Crippen LogP contribution in [-0.2, 0) is 17.0 Å². The average molecular weight is 461 g/mol. The normalized spacial score (nSPS) is 30.1. The Morgan fingerprint density at radius 3 is 2.48 bits per heavy atom. The number of rotatable bonds is 3. The molecule has 7 heteroatoms. The summed E-state index contributed by atoms with van der Waals surface area (Å²) in [7, 11) is 8.21. The summed E-state index contributed by atoms with van der Waals surface area (Å²) in [5.74, 6) is 3.12. The Bertz CT molecular complexity index is 618. The summed E-state index contributed by atoms with van der Waals surface area (Å²) < 4.78 is 8.67. The van der Waals surface area contributed by atoms with Crippen molar-refractivity contribution in [3.63, 3.8) is 0 Å². The number of fused-ring (bicyclic) bond motifs is 1. The fourth-order valence-electron chi connectivity index (χ4n) is 5.15. The number of hydrogen-bond acceptors (Lipinski definition) is 2. The Morgan fingerprint density at radius 1 is 1.19 bits per heavy atom. The summed E-state index contributed by atoms with van der Waals surface area (Å²) in [4.78, 5) is 0. The van der Waals surface area contributed by atoms with Crippen LogP contribution in [0.1, 0.15) is 18.1 Å². The van der Waals surface area contributed by atoms with Crippen LogP contribution in [-0.4, -0.2) is 39.0 Å². The Morgan fingerprint density at radius 2 is 1.85 bits per heavy atom. The van der Waals surface area contributed by atoms with E-state index in [0.29, 0.717) is 17.8 Å². The molecule has 1 aromatic rings. The van der Waals surface area contributed by atoms with Crippen molar-refractivity contribution >= 4 is 26.8 Å². The molecule has 0 N–H and O–H groups in total. The molecule has 150 valence electrons. The van der Waals surface area contributed by atoms with E-state index < -0.39 is 25.3 Å². The van der Waals surface area contributed by atoms with Crippen LogP contribution < -0.4 is 0 Å². The Balaban J connectivity index is 0.000000614. The molecular formula is C20H30Cl2N2OSiTi-2. The van der Waals surface area contributed by atoms with E-state index in [1.165, 1.54) is 12.2 Å². The number of allylic oxidation sites excluding steroid dienone is 4. The maximum absolute atomic E-state index is 5.87. The summed E-state index contributed by atoms with van der Waals surface area (Å²) in [5.41, 5.74) is 0.720. The second-order valence-electron chi connectivity index (χ2n) is 7.78. The first-order valence-corrected chi connectivity index (χ1v) is 16.6. The van der Waals surface area contributed by atoms with Crippen LogP contribution >= 0.6 is 18.6 Å². The number of piperazine rings is 1. The van der Waals surface area contributed by atoms with E-state index in [1.54, 1.807) is 0 Å². The minimum atomic E-state index is -1.57. The predicted octanol–water partition coefficient (Wildman–Crippen LogP) is 6.22. The maximum atomic E-state index is 5.87. The molecule has 0 aromatic carbocycles. The molecule has 0 amide bonds. The van der Waals surface area contributed by atoms with E-state index in [4.69, 9.17) is 23.0 Å². The zero-order valence-electron chi connectivity index (χ0n) is 16.4. The van der Waals surface area contributed by atoms with E-state index >= 15 is 0 Å². The average Bonchev–Trinajstić information content (AvgIpc) is 3.30. The first kappa shape index (κ1) is 23.5. The molecular weight excluding hydrogens is 431 g/mol. The van der Waals surface area contributed by atoms with Gasteiger partial charge in [0.25, 0.3) is 0 Å². The van der Waals surface area contributed by atoms with Gasteiger partial charge in [-0.05, 0) is 49.0 Å². The van der Waals surface area contributed by atoms with E-state index in [0.717, 1.165) is 31.7 Å². The molecule has 1 aliphatic heterocycles. The van der Waals surface area contributed by atoms with Crippen molar-refractivity contribution in [2.45, 2.75) is 31.0 Å². The van der Waals surface area contributed by atoms with Crippen LogP contribution in [0.25, 0.3) is 5.32 Å². The van der Waals surface area contributed by atoms with E-state index in [-0.39, 0.29) is 7.43 Å². The third-order valence-corrected chi connectivity index (χ3v) is 10.8. The first-order chi connectivity index (χ1) is 12.6. The number of furan rings is 1. The molecule has 2 heterocycles. The van der Waals surface area contributed by atoms with Crippen molar-refractivity contribution in [2.75, 3.05) is 26.2 Å². The molecule has 1 aromatic heterocycles. The fourth-order valence-corrected chi connectivity index (χ4v) is 9.51. The van der Waals surface area contributed by atoms with Gasteiger partial charge in [0.1, 0.15) is 14.0 Å². The number of nitrogens with zero attached hydrogens (tertiary/aromatic N) is 2. The van der Waals surface area contributed by atoms with Crippen LogP contribution in [0.15, 0.2) is 47.1 Å². The van der Waals surface area contributed by atoms with Gasteiger partial charge in [-0.2, -0.15) is 0 Å². The zero-order valence-corrected chi connectivity index (χ0v) is 20.5. The molecule has 2 aliphatic carbocycles. The van der Waals surface area contributed by atoms with E-state index in [9.17, 15) is 0 Å². The van der Waals surface area contributed by atoms with Gasteiger partial charge < -0.3 is 21.7 Å². The molecule has 0 radical (unpaired) electrons. The molecule has 1 saturated heterocycles. The number of halogens is 2. The Labute approximate surface area is 182 Å². The Kier molecular flexibility index (Phi) is 9.41. The monoisotopic (exact) mass is 460 g/mol. The summed E-state index contributed by atoms with van der Waals surface area (Å²) in [6.07, 6.45) is 12.5. The van der Waals surface area contributed by atoms with Gasteiger partial charge in [-0.15, -0.1) is 13.1 Å². The molecule has 0 bridgehead atoms. The predicted molar refractivity (Wildman–Crippen MR) is 115 cm³/mol. The van der Waals surface area contributed by atoms with Crippen molar-refractivity contribution in [1.29, 1.82) is 0 Å². The Hall–Kier alpha value is 0.191. The van der Waals surface area contributed by atoms with Crippen LogP contribution in [0, 0.1) is 19.3 Å². The summed E-state index contributed by atoms with van der Waals surface area (Å²) >= 11 is -0.556. The molecule has 4 rings (SSSR count). The van der Waals surface area contributed by atoms with Crippen LogP contribution in [0.3, 0.4) is 0 Å². The molecule has 3 aliphatic rings. The van der Waals surface area contributed by atoms with Crippen LogP contribution in [0.5, 0.6) is 0 Å². The molecule has 4 unspecified atom stereocenters. The zero-order chi connectivity index (χ0) is 18.6. The SMILES string of the molecule is C[Si](C)(C1C(c2ccco2)CC2C=CC=CC21)N1CC[N-]CC1.[CH3-].[Cl][Ti][Cl]. The van der Waals surface area contributed by atoms with Crippen molar-refractivity contribution < 1.29 is 21.4 Å². The van der Waals surface area contributed by atoms with Gasteiger partial charge in [-0.25, -0.2) is 0 Å². The first-order valence-electron chi connectivity index (χ1n) is 9.32. The van der Waals surface area contributed by atoms with Crippen molar-refractivity contribution in [3.8, 4) is 0 Å². The van der Waals surface area contributed by atoms with Gasteiger partial charge in [-0.3, -0.25) is 0 Å². The fraction of sp³-hybridized carbons (Fsp3) is 0.550. The summed E-state index contributed by atoms with van der Waals surface area (Å²) in [5, 5.41) is 4.55. The van der Waals surface area contributed by atoms with Crippen LogP contribution in [0.2, 0.25) is 18.6 Å². The second-order valence-corrected chi connectivity index (χ2v) is 15.0. The molecule has 1 saturated carbocycles. The third-order valence-electron chi connectivity index (χ3n) is 6.27. The molecule has 2 fully saturated rings. The molecule has 3 nitrogen and oxygen atoms in total. The third kappa shape index (κ3) is 5.22. The van der Waals surface area contributed by atoms with Crippen LogP contribution in [0.4, 0.5) is 0 Å².